The minimum Gasteiger partial charge on any atom is -0.284 e. The lowest BCUT2D eigenvalue weighted by Gasteiger charge is -2.46. The van der Waals surface area contributed by atoms with Crippen LogP contribution in [0, 0.1) is 0 Å². The average Bonchev–Trinajstić information content (AvgIpc) is 3.27. The van der Waals surface area contributed by atoms with Gasteiger partial charge in [0.2, 0.25) is 0 Å². The summed E-state index contributed by atoms with van der Waals surface area (Å²) in [6.07, 6.45) is -53.0. The molecule has 0 saturated heterocycles. The summed E-state index contributed by atoms with van der Waals surface area (Å²) in [6.45, 7) is -0.387. The van der Waals surface area contributed by atoms with E-state index in [-0.39, 0.29) is 0 Å². The first-order valence-electron chi connectivity index (χ1n) is 20.0. The second-order valence-corrected chi connectivity index (χ2v) is 16.0. The Morgan fingerprint density at radius 2 is 0.595 bits per heavy atom. The summed E-state index contributed by atoms with van der Waals surface area (Å²) in [5, 5.41) is 0. The van der Waals surface area contributed by atoms with Crippen LogP contribution in [0.25, 0.3) is 0 Å². The molecule has 0 amide bonds. The van der Waals surface area contributed by atoms with Crippen molar-refractivity contribution in [2.75, 3.05) is 6.67 Å². The first-order chi connectivity index (χ1) is 33.6. The van der Waals surface area contributed by atoms with Gasteiger partial charge in [-0.3, -0.25) is 4.79 Å². The molecule has 0 fully saturated rings. The molecule has 0 atom stereocenters. The van der Waals surface area contributed by atoms with E-state index in [0.29, 0.717) is 12.2 Å². The number of halogens is 25. The maximum absolute atomic E-state index is 14.2. The van der Waals surface area contributed by atoms with E-state index in [2.05, 4.69) is 0 Å². The van der Waals surface area contributed by atoms with Gasteiger partial charge in [-0.25, -0.2) is 4.39 Å². The Bertz CT molecular complexity index is 2540. The smallest absolute Gasteiger partial charge is 0.284 e. The molecule has 0 aliphatic rings. The molecule has 1 heterocycles. The number of nitrogens with zero attached hydrogens (tertiary/aromatic N) is 1. The molecule has 0 radical (unpaired) electrons. The third-order valence-corrected chi connectivity index (χ3v) is 11.0. The second-order valence-electron chi connectivity index (χ2n) is 16.0. The summed E-state index contributed by atoms with van der Waals surface area (Å²) in [5.74, 6) is -0.485. The van der Waals surface area contributed by atoms with E-state index in [0.717, 1.165) is 5.56 Å². The minimum absolute atomic E-state index is 0.402. The first-order valence-corrected chi connectivity index (χ1v) is 20.0. The summed E-state index contributed by atoms with van der Waals surface area (Å²) in [4.78, 5) is 11.4. The molecule has 0 aliphatic carbocycles. The van der Waals surface area contributed by atoms with Gasteiger partial charge in [0.25, 0.3) is 11.5 Å². The Kier molecular flexibility index (Phi) is 15.8. The van der Waals surface area contributed by atoms with Gasteiger partial charge in [-0.2, -0.15) is 132 Å². The fourth-order valence-electron chi connectivity index (χ4n) is 7.79. The Labute approximate surface area is 398 Å². The minimum atomic E-state index is -6.13. The topological polar surface area (TPSA) is 20.9 Å². The lowest BCUT2D eigenvalue weighted by Crippen LogP contribution is -2.75. The van der Waals surface area contributed by atoms with Crippen LogP contribution >= 0.6 is 0 Å². The molecule has 74 heavy (non-hydrogen) atoms. The third-order valence-electron chi connectivity index (χ3n) is 11.0. The van der Waals surface area contributed by atoms with E-state index >= 15 is 0 Å². The van der Waals surface area contributed by atoms with Gasteiger partial charge in [-0.05, 0) is 30.3 Å². The normalized spacial score (nSPS) is 13.4. The molecule has 6 aromatic rings. The second kappa shape index (κ2) is 20.2. The van der Waals surface area contributed by atoms with Crippen molar-refractivity contribution in [3.8, 4) is 0 Å². The molecule has 0 saturated carbocycles. The van der Waals surface area contributed by atoms with Crippen molar-refractivity contribution in [2.24, 2.45) is 0 Å². The number of carbonyl (C=O) groups is 1. The van der Waals surface area contributed by atoms with Crippen molar-refractivity contribution in [3.63, 3.8) is 0 Å². The fraction of sp³-hybridized carbons (Fsp3) is 0.217. The summed E-state index contributed by atoms with van der Waals surface area (Å²) < 4.78 is 355. The van der Waals surface area contributed by atoms with Gasteiger partial charge >= 0.3 is 49.4 Å². The van der Waals surface area contributed by atoms with Crippen LogP contribution in [0.5, 0.6) is 0 Å². The molecular formula is C46H25BF25NO. The van der Waals surface area contributed by atoms with E-state index in [1.807, 2.05) is 36.4 Å². The number of aromatic nitrogens is 1. The van der Waals surface area contributed by atoms with Crippen LogP contribution in [0.3, 0.4) is 0 Å². The lowest BCUT2D eigenvalue weighted by molar-refractivity contribution is -0.690. The van der Waals surface area contributed by atoms with Crippen LogP contribution < -0.4 is 26.4 Å². The highest BCUT2D eigenvalue weighted by molar-refractivity contribution is 7.20. The zero-order valence-corrected chi connectivity index (χ0v) is 35.9. The number of hydrogen-bond acceptors (Lipinski definition) is 1. The maximum atomic E-state index is 14.2. The molecule has 0 bridgehead atoms. The zero-order chi connectivity index (χ0) is 56.0. The van der Waals surface area contributed by atoms with E-state index in [1.165, 1.54) is 0 Å². The number of benzene rings is 5. The van der Waals surface area contributed by atoms with E-state index in [1.54, 1.807) is 22.9 Å². The Balaban J connectivity index is 0.000000500. The molecule has 0 unspecified atom stereocenters. The van der Waals surface area contributed by atoms with Crippen LogP contribution in [-0.4, -0.2) is 18.6 Å². The van der Waals surface area contributed by atoms with Crippen molar-refractivity contribution in [1.29, 1.82) is 0 Å². The summed E-state index contributed by atoms with van der Waals surface area (Å²) in [7, 11) is 0. The maximum Gasteiger partial charge on any atom is 0.416 e. The van der Waals surface area contributed by atoms with Crippen molar-refractivity contribution in [2.45, 2.75) is 56.0 Å². The van der Waals surface area contributed by atoms with Crippen LogP contribution in [0.1, 0.15) is 60.6 Å². The monoisotopic (exact) mass is 1090 g/mol. The van der Waals surface area contributed by atoms with Crippen LogP contribution in [0.15, 0.2) is 128 Å². The van der Waals surface area contributed by atoms with Crippen molar-refractivity contribution >= 4 is 33.8 Å². The Morgan fingerprint density at radius 1 is 0.351 bits per heavy atom. The number of hydrogen-bond donors (Lipinski definition) is 0. The van der Waals surface area contributed by atoms with Crippen LogP contribution in [0.2, 0.25) is 0 Å². The quantitative estimate of drug-likeness (QED) is 0.0644. The predicted octanol–water partition coefficient (Wildman–Crippen LogP) is 13.4. The number of pyridine rings is 1. The van der Waals surface area contributed by atoms with Gasteiger partial charge < -0.3 is 0 Å². The Hall–Kier alpha value is -6.77. The molecule has 398 valence electrons. The number of Topliss-reactive ketones (excluding diaryl/α,β-unsaturated/α-hetero) is 1. The van der Waals surface area contributed by atoms with Gasteiger partial charge in [0.15, 0.2) is 19.4 Å². The fourth-order valence-corrected chi connectivity index (χ4v) is 7.79. The van der Waals surface area contributed by atoms with E-state index < -0.39 is 207 Å². The lowest BCUT2D eigenvalue weighted by atomic mass is 9.12. The highest BCUT2D eigenvalue weighted by atomic mass is 19.4. The van der Waals surface area contributed by atoms with Gasteiger partial charge in [0, 0.05) is 17.7 Å². The third kappa shape index (κ3) is 13.3. The predicted molar refractivity (Wildman–Crippen MR) is 213 cm³/mol. The molecule has 0 spiro atoms. The number of carbonyl (C=O) groups excluding carboxylic acids is 1. The standard InChI is InChI=1S/C32H12BF24.C14H13FNO/c34-25(35,36)13-1-14(26(37,38)39)6-21(5-13)33(22-7-15(27(40,41)42)2-16(8-22)28(43,44)45,23-9-17(29(46,47)48)3-18(10-23)30(49,50)51)24-11-19(31(52,53)54)4-20(12-24)32(55,56)57;15-10-14(17)13-8-4-5-9-16(13)11-12-6-2-1-3-7-12/h1-12H;1-9H,10-11H2/q-1;+1. The van der Waals surface area contributed by atoms with Crippen LogP contribution in [-0.2, 0) is 56.0 Å². The van der Waals surface area contributed by atoms with Crippen LogP contribution in [0.4, 0.5) is 110 Å². The average molecular weight is 1090 g/mol. The van der Waals surface area contributed by atoms with Crippen molar-refractivity contribution < 1.29 is 119 Å². The Morgan fingerprint density at radius 3 is 0.824 bits per heavy atom. The molecule has 1 aromatic heterocycles. The summed E-state index contributed by atoms with van der Waals surface area (Å²) >= 11 is 0. The molecule has 0 aliphatic heterocycles. The van der Waals surface area contributed by atoms with Crippen molar-refractivity contribution in [3.05, 3.63) is 183 Å². The van der Waals surface area contributed by atoms with Gasteiger partial charge in [0.05, 0.1) is 44.5 Å². The largest absolute Gasteiger partial charge is 0.416 e. The highest BCUT2D eigenvalue weighted by Gasteiger charge is 2.47. The molecule has 2 nitrogen and oxygen atoms in total. The SMILES string of the molecule is FC(F)(F)c1cc([B-](c2cc(C(F)(F)F)cc(C(F)(F)F)c2)(c2cc(C(F)(F)F)cc(C(F)(F)F)c2)c2cc(C(F)(F)F)cc(C(F)(F)F)c2)cc(C(F)(F)F)c1.O=C(CF)c1cccc[n+]1Cc1ccccc1. The van der Waals surface area contributed by atoms with Gasteiger partial charge in [-0.1, -0.05) is 78.9 Å². The number of rotatable bonds is 8. The number of alkyl halides is 25. The molecule has 0 N–H and O–H groups in total. The van der Waals surface area contributed by atoms with Gasteiger partial charge in [0.1, 0.15) is 6.15 Å². The van der Waals surface area contributed by atoms with E-state index in [4.69, 9.17) is 0 Å². The number of ketones is 1. The molecule has 28 heteroatoms. The van der Waals surface area contributed by atoms with Gasteiger partial charge in [-0.15, -0.1) is 0 Å². The molecule has 6 rings (SSSR count). The zero-order valence-electron chi connectivity index (χ0n) is 35.9. The first kappa shape index (κ1) is 58.1. The summed E-state index contributed by atoms with van der Waals surface area (Å²) in [5.41, 5.74) is -28.7. The molecule has 5 aromatic carbocycles. The molecular weight excluding hydrogens is 1070 g/mol. The highest BCUT2D eigenvalue weighted by Crippen LogP contribution is 2.41. The van der Waals surface area contributed by atoms with E-state index in [9.17, 15) is 115 Å². The van der Waals surface area contributed by atoms with Crippen molar-refractivity contribution in [1.82, 2.24) is 0 Å². The summed E-state index contributed by atoms with van der Waals surface area (Å²) in [6, 6.07) is 6.17.